The van der Waals surface area contributed by atoms with Crippen LogP contribution in [0.25, 0.3) is 0 Å². The number of benzene rings is 1. The Hall–Kier alpha value is -1.62. The molecule has 0 bridgehead atoms. The first kappa shape index (κ1) is 12.8. The van der Waals surface area contributed by atoms with Gasteiger partial charge in [-0.1, -0.05) is 12.1 Å². The summed E-state index contributed by atoms with van der Waals surface area (Å²) in [6.07, 6.45) is 2.17. The number of aryl methyl sites for hydroxylation is 1. The Labute approximate surface area is 107 Å². The molecule has 1 aromatic carbocycles. The van der Waals surface area contributed by atoms with Crippen LogP contribution in [-0.2, 0) is 0 Å². The van der Waals surface area contributed by atoms with Gasteiger partial charge in [-0.2, -0.15) is 0 Å². The number of piperidine rings is 1. The average molecular weight is 249 g/mol. The molecule has 98 valence electrons. The zero-order chi connectivity index (χ0) is 13.1. The van der Waals surface area contributed by atoms with Crippen molar-refractivity contribution in [3.63, 3.8) is 0 Å². The molecule has 5 nitrogen and oxygen atoms in total. The summed E-state index contributed by atoms with van der Waals surface area (Å²) in [7, 11) is 0. The molecule has 0 spiro atoms. The van der Waals surface area contributed by atoms with Crippen molar-refractivity contribution in [1.82, 2.24) is 0 Å². The topological polar surface area (TPSA) is 72.4 Å². The standard InChI is InChI=1S/C13H19N3O2/c1-10-4-2-6-12(16(17)18)13(10)15-7-3-5-11(8-14)9-15/h2,4,6,11H,3,5,7-9,14H2,1H3. The van der Waals surface area contributed by atoms with Crippen molar-refractivity contribution in [2.24, 2.45) is 11.7 Å². The Morgan fingerprint density at radius 2 is 2.33 bits per heavy atom. The Balaban J connectivity index is 2.34. The van der Waals surface area contributed by atoms with E-state index in [1.165, 1.54) is 0 Å². The molecule has 0 aromatic heterocycles. The predicted octanol–water partition coefficient (Wildman–Crippen LogP) is 2.08. The van der Waals surface area contributed by atoms with Crippen molar-refractivity contribution in [2.45, 2.75) is 19.8 Å². The minimum atomic E-state index is -0.297. The maximum atomic E-state index is 11.1. The highest BCUT2D eigenvalue weighted by molar-refractivity contribution is 5.67. The van der Waals surface area contributed by atoms with E-state index in [0.717, 1.165) is 37.2 Å². The van der Waals surface area contributed by atoms with Crippen molar-refractivity contribution in [2.75, 3.05) is 24.5 Å². The first-order valence-corrected chi connectivity index (χ1v) is 6.32. The third kappa shape index (κ3) is 2.46. The molecular formula is C13H19N3O2. The first-order chi connectivity index (χ1) is 8.63. The first-order valence-electron chi connectivity index (χ1n) is 6.32. The SMILES string of the molecule is Cc1cccc([N+](=O)[O-])c1N1CCCC(CN)C1. The molecule has 1 atom stereocenters. The molecule has 1 saturated heterocycles. The largest absolute Gasteiger partial charge is 0.365 e. The van der Waals surface area contributed by atoms with Crippen LogP contribution in [0.1, 0.15) is 18.4 Å². The molecule has 1 unspecified atom stereocenters. The second kappa shape index (κ2) is 5.35. The van der Waals surface area contributed by atoms with Gasteiger partial charge in [0.2, 0.25) is 0 Å². The smallest absolute Gasteiger partial charge is 0.292 e. The molecule has 0 saturated carbocycles. The number of anilines is 1. The van der Waals surface area contributed by atoms with Gasteiger partial charge in [-0.15, -0.1) is 0 Å². The molecule has 18 heavy (non-hydrogen) atoms. The van der Waals surface area contributed by atoms with Crippen LogP contribution in [0.15, 0.2) is 18.2 Å². The monoisotopic (exact) mass is 249 g/mol. The Kier molecular flexibility index (Phi) is 3.81. The molecule has 1 aromatic rings. The fraction of sp³-hybridized carbons (Fsp3) is 0.538. The maximum absolute atomic E-state index is 11.1. The third-order valence-corrected chi connectivity index (χ3v) is 3.58. The van der Waals surface area contributed by atoms with Crippen LogP contribution in [0.3, 0.4) is 0 Å². The fourth-order valence-corrected chi connectivity index (χ4v) is 2.66. The highest BCUT2D eigenvalue weighted by atomic mass is 16.6. The summed E-state index contributed by atoms with van der Waals surface area (Å²) in [5, 5.41) is 11.1. The second-order valence-corrected chi connectivity index (χ2v) is 4.89. The predicted molar refractivity (Wildman–Crippen MR) is 71.8 cm³/mol. The summed E-state index contributed by atoms with van der Waals surface area (Å²) < 4.78 is 0. The van der Waals surface area contributed by atoms with E-state index >= 15 is 0 Å². The van der Waals surface area contributed by atoms with E-state index in [2.05, 4.69) is 4.90 Å². The van der Waals surface area contributed by atoms with Crippen LogP contribution >= 0.6 is 0 Å². The average Bonchev–Trinajstić information content (AvgIpc) is 2.38. The van der Waals surface area contributed by atoms with E-state index in [1.54, 1.807) is 12.1 Å². The lowest BCUT2D eigenvalue weighted by Gasteiger charge is -2.34. The van der Waals surface area contributed by atoms with Crippen LogP contribution in [-0.4, -0.2) is 24.6 Å². The quantitative estimate of drug-likeness (QED) is 0.657. The molecule has 2 N–H and O–H groups in total. The molecule has 1 aliphatic rings. The number of nitrogens with two attached hydrogens (primary N) is 1. The zero-order valence-electron chi connectivity index (χ0n) is 10.6. The third-order valence-electron chi connectivity index (χ3n) is 3.58. The highest BCUT2D eigenvalue weighted by Crippen LogP contribution is 2.34. The molecular weight excluding hydrogens is 230 g/mol. The van der Waals surface area contributed by atoms with Gasteiger partial charge >= 0.3 is 0 Å². The van der Waals surface area contributed by atoms with E-state index in [-0.39, 0.29) is 10.6 Å². The van der Waals surface area contributed by atoms with Gasteiger partial charge in [0, 0.05) is 19.2 Å². The number of rotatable bonds is 3. The van der Waals surface area contributed by atoms with Gasteiger partial charge in [-0.25, -0.2) is 0 Å². The van der Waals surface area contributed by atoms with Crippen LogP contribution in [0.2, 0.25) is 0 Å². The Morgan fingerprint density at radius 1 is 1.56 bits per heavy atom. The number of nitrogens with zero attached hydrogens (tertiary/aromatic N) is 2. The van der Waals surface area contributed by atoms with E-state index in [0.29, 0.717) is 12.5 Å². The molecule has 1 aliphatic heterocycles. The van der Waals surface area contributed by atoms with Crippen molar-refractivity contribution < 1.29 is 4.92 Å². The van der Waals surface area contributed by atoms with Crippen molar-refractivity contribution in [3.8, 4) is 0 Å². The van der Waals surface area contributed by atoms with Crippen molar-refractivity contribution in [3.05, 3.63) is 33.9 Å². The summed E-state index contributed by atoms with van der Waals surface area (Å²) in [5.41, 5.74) is 7.65. The van der Waals surface area contributed by atoms with Gasteiger partial charge in [0.25, 0.3) is 5.69 Å². The van der Waals surface area contributed by atoms with Crippen LogP contribution in [0.5, 0.6) is 0 Å². The summed E-state index contributed by atoms with van der Waals surface area (Å²) >= 11 is 0. The summed E-state index contributed by atoms with van der Waals surface area (Å²) in [6.45, 7) is 4.27. The number of hydrogen-bond donors (Lipinski definition) is 1. The van der Waals surface area contributed by atoms with E-state index in [9.17, 15) is 10.1 Å². The van der Waals surface area contributed by atoms with Crippen molar-refractivity contribution in [1.29, 1.82) is 0 Å². The minimum Gasteiger partial charge on any atom is -0.365 e. The van der Waals surface area contributed by atoms with Gasteiger partial charge in [0.1, 0.15) is 5.69 Å². The highest BCUT2D eigenvalue weighted by Gasteiger charge is 2.26. The molecule has 0 radical (unpaired) electrons. The van der Waals surface area contributed by atoms with Gasteiger partial charge in [0.15, 0.2) is 0 Å². The minimum absolute atomic E-state index is 0.202. The Bertz CT molecular complexity index is 448. The number of para-hydroxylation sites is 1. The van der Waals surface area contributed by atoms with Gasteiger partial charge in [-0.3, -0.25) is 10.1 Å². The van der Waals surface area contributed by atoms with Gasteiger partial charge in [-0.05, 0) is 37.8 Å². The second-order valence-electron chi connectivity index (χ2n) is 4.89. The lowest BCUT2D eigenvalue weighted by atomic mass is 9.97. The van der Waals surface area contributed by atoms with E-state index in [4.69, 9.17) is 5.73 Å². The molecule has 1 fully saturated rings. The van der Waals surface area contributed by atoms with Crippen LogP contribution < -0.4 is 10.6 Å². The maximum Gasteiger partial charge on any atom is 0.292 e. The normalized spacial score (nSPS) is 19.9. The zero-order valence-corrected chi connectivity index (χ0v) is 10.6. The van der Waals surface area contributed by atoms with Crippen LogP contribution in [0, 0.1) is 23.0 Å². The number of nitro benzene ring substituents is 1. The lowest BCUT2D eigenvalue weighted by molar-refractivity contribution is -0.384. The summed E-state index contributed by atoms with van der Waals surface area (Å²) in [6, 6.07) is 5.24. The van der Waals surface area contributed by atoms with Crippen molar-refractivity contribution >= 4 is 11.4 Å². The number of hydrogen-bond acceptors (Lipinski definition) is 4. The molecule has 0 aliphatic carbocycles. The van der Waals surface area contributed by atoms with E-state index in [1.807, 2.05) is 13.0 Å². The fourth-order valence-electron chi connectivity index (χ4n) is 2.66. The van der Waals surface area contributed by atoms with Crippen LogP contribution in [0.4, 0.5) is 11.4 Å². The number of nitro groups is 1. The summed E-state index contributed by atoms with van der Waals surface area (Å²) in [4.78, 5) is 12.9. The van der Waals surface area contributed by atoms with Gasteiger partial charge < -0.3 is 10.6 Å². The Morgan fingerprint density at radius 3 is 3.00 bits per heavy atom. The lowest BCUT2D eigenvalue weighted by Crippen LogP contribution is -2.39. The molecule has 0 amide bonds. The van der Waals surface area contributed by atoms with Gasteiger partial charge in [0.05, 0.1) is 4.92 Å². The van der Waals surface area contributed by atoms with E-state index < -0.39 is 0 Å². The molecule has 2 rings (SSSR count). The molecule has 1 heterocycles. The summed E-state index contributed by atoms with van der Waals surface area (Å²) in [5.74, 6) is 0.443. The molecule has 5 heteroatoms.